The van der Waals surface area contributed by atoms with Crippen molar-refractivity contribution in [2.75, 3.05) is 17.7 Å². The van der Waals surface area contributed by atoms with E-state index in [9.17, 15) is 4.79 Å². The maximum Gasteiger partial charge on any atom is 0.257 e. The van der Waals surface area contributed by atoms with E-state index >= 15 is 0 Å². The lowest BCUT2D eigenvalue weighted by molar-refractivity contribution is 0.102. The van der Waals surface area contributed by atoms with Crippen LogP contribution in [0.1, 0.15) is 10.4 Å². The van der Waals surface area contributed by atoms with Crippen molar-refractivity contribution in [3.8, 4) is 5.75 Å². The van der Waals surface area contributed by atoms with Gasteiger partial charge in [-0.15, -0.1) is 0 Å². The third-order valence-corrected chi connectivity index (χ3v) is 3.83. The maximum atomic E-state index is 12.4. The van der Waals surface area contributed by atoms with Gasteiger partial charge in [0.2, 0.25) is 0 Å². The number of pyridine rings is 1. The molecule has 0 atom stereocenters. The molecule has 1 aromatic heterocycles. The van der Waals surface area contributed by atoms with Crippen molar-refractivity contribution >= 4 is 34.6 Å². The number of para-hydroxylation sites is 1. The number of benzene rings is 2. The number of aromatic nitrogens is 1. The first kappa shape index (κ1) is 16.8. The van der Waals surface area contributed by atoms with Crippen molar-refractivity contribution in [1.82, 2.24) is 4.98 Å². The second kappa shape index (κ2) is 7.68. The fourth-order valence-electron chi connectivity index (χ4n) is 2.23. The monoisotopic (exact) mass is 353 g/mol. The Balaban J connectivity index is 1.74. The Morgan fingerprint density at radius 2 is 1.80 bits per heavy atom. The summed E-state index contributed by atoms with van der Waals surface area (Å²) < 4.78 is 5.10. The Hall–Kier alpha value is -3.05. The van der Waals surface area contributed by atoms with Crippen LogP contribution in [0.4, 0.5) is 17.1 Å². The summed E-state index contributed by atoms with van der Waals surface area (Å²) in [6, 6.07) is 16.2. The number of hydrogen-bond donors (Lipinski definition) is 2. The number of nitrogens with zero attached hydrogens (tertiary/aromatic N) is 1. The Morgan fingerprint density at radius 1 is 1.04 bits per heavy atom. The molecule has 0 aliphatic carbocycles. The van der Waals surface area contributed by atoms with Crippen LogP contribution in [-0.2, 0) is 0 Å². The molecule has 126 valence electrons. The van der Waals surface area contributed by atoms with E-state index in [1.807, 2.05) is 18.2 Å². The highest BCUT2D eigenvalue weighted by Crippen LogP contribution is 2.25. The number of rotatable bonds is 5. The summed E-state index contributed by atoms with van der Waals surface area (Å²) in [6.07, 6.45) is 3.14. The molecular weight excluding hydrogens is 338 g/mol. The van der Waals surface area contributed by atoms with E-state index < -0.39 is 0 Å². The molecule has 5 nitrogen and oxygen atoms in total. The van der Waals surface area contributed by atoms with Crippen molar-refractivity contribution < 1.29 is 9.53 Å². The molecule has 0 saturated carbocycles. The highest BCUT2D eigenvalue weighted by molar-refractivity contribution is 6.33. The third kappa shape index (κ3) is 4.28. The molecule has 1 heterocycles. The van der Waals surface area contributed by atoms with Crippen LogP contribution >= 0.6 is 11.6 Å². The molecule has 2 aromatic carbocycles. The number of nitrogens with one attached hydrogen (secondary N) is 2. The zero-order valence-corrected chi connectivity index (χ0v) is 14.2. The molecule has 3 rings (SSSR count). The molecule has 1 amide bonds. The van der Waals surface area contributed by atoms with Crippen LogP contribution in [0.2, 0.25) is 5.02 Å². The largest absolute Gasteiger partial charge is 0.497 e. The zero-order valence-electron chi connectivity index (χ0n) is 13.5. The van der Waals surface area contributed by atoms with Crippen LogP contribution in [0.3, 0.4) is 0 Å². The van der Waals surface area contributed by atoms with Gasteiger partial charge in [0, 0.05) is 11.9 Å². The van der Waals surface area contributed by atoms with Gasteiger partial charge in [0.25, 0.3) is 5.91 Å². The van der Waals surface area contributed by atoms with Gasteiger partial charge in [0.1, 0.15) is 5.75 Å². The molecule has 6 heteroatoms. The van der Waals surface area contributed by atoms with Gasteiger partial charge in [-0.2, -0.15) is 0 Å². The van der Waals surface area contributed by atoms with E-state index in [0.717, 1.165) is 11.4 Å². The number of methoxy groups -OCH3 is 1. The van der Waals surface area contributed by atoms with Gasteiger partial charge in [-0.3, -0.25) is 9.78 Å². The summed E-state index contributed by atoms with van der Waals surface area (Å²) in [5.41, 5.74) is 2.54. The lowest BCUT2D eigenvalue weighted by Gasteiger charge is -2.10. The van der Waals surface area contributed by atoms with E-state index in [4.69, 9.17) is 16.3 Å². The van der Waals surface area contributed by atoms with Crippen LogP contribution in [0, 0.1) is 0 Å². The average molecular weight is 354 g/mol. The van der Waals surface area contributed by atoms with Gasteiger partial charge in [-0.25, -0.2) is 0 Å². The minimum Gasteiger partial charge on any atom is -0.497 e. The second-order valence-electron chi connectivity index (χ2n) is 5.25. The molecule has 0 fully saturated rings. The highest BCUT2D eigenvalue weighted by Gasteiger charge is 2.08. The van der Waals surface area contributed by atoms with Gasteiger partial charge in [0.15, 0.2) is 0 Å². The van der Waals surface area contributed by atoms with Crippen molar-refractivity contribution in [2.24, 2.45) is 0 Å². The molecule has 25 heavy (non-hydrogen) atoms. The summed E-state index contributed by atoms with van der Waals surface area (Å²) in [6.45, 7) is 0. The predicted molar refractivity (Wildman–Crippen MR) is 99.9 cm³/mol. The Bertz CT molecular complexity index is 882. The normalized spacial score (nSPS) is 10.2. The van der Waals surface area contributed by atoms with Crippen LogP contribution < -0.4 is 15.4 Å². The SMILES string of the molecule is COc1ccc(NC(=O)c2cncc(Nc3ccccc3Cl)c2)cc1. The molecule has 0 spiro atoms. The lowest BCUT2D eigenvalue weighted by Crippen LogP contribution is -2.12. The third-order valence-electron chi connectivity index (χ3n) is 3.50. The van der Waals surface area contributed by atoms with Crippen LogP contribution in [-0.4, -0.2) is 18.0 Å². The Labute approximate surface area is 150 Å². The van der Waals surface area contributed by atoms with E-state index in [0.29, 0.717) is 22.0 Å². The van der Waals surface area contributed by atoms with Crippen LogP contribution in [0.5, 0.6) is 5.75 Å². The fourth-order valence-corrected chi connectivity index (χ4v) is 2.41. The van der Waals surface area contributed by atoms with Crippen molar-refractivity contribution in [1.29, 1.82) is 0 Å². The number of anilines is 3. The van der Waals surface area contributed by atoms with E-state index in [1.54, 1.807) is 49.7 Å². The molecule has 3 aromatic rings. The number of ether oxygens (including phenoxy) is 1. The summed E-state index contributed by atoms with van der Waals surface area (Å²) in [7, 11) is 1.59. The Morgan fingerprint density at radius 3 is 2.52 bits per heavy atom. The molecule has 2 N–H and O–H groups in total. The van der Waals surface area contributed by atoms with Crippen LogP contribution in [0.15, 0.2) is 67.0 Å². The van der Waals surface area contributed by atoms with E-state index in [2.05, 4.69) is 15.6 Å². The van der Waals surface area contributed by atoms with Crippen molar-refractivity contribution in [3.05, 3.63) is 77.6 Å². The fraction of sp³-hybridized carbons (Fsp3) is 0.0526. The second-order valence-corrected chi connectivity index (χ2v) is 5.66. The maximum absolute atomic E-state index is 12.4. The molecule has 0 bridgehead atoms. The number of carbonyl (C=O) groups is 1. The highest BCUT2D eigenvalue weighted by atomic mass is 35.5. The smallest absolute Gasteiger partial charge is 0.257 e. The van der Waals surface area contributed by atoms with E-state index in [1.165, 1.54) is 6.20 Å². The standard InChI is InChI=1S/C19H16ClN3O2/c1-25-16-8-6-14(7-9-16)23-19(24)13-10-15(12-21-11-13)22-18-5-3-2-4-17(18)20/h2-12,22H,1H3,(H,23,24). The van der Waals surface area contributed by atoms with Crippen molar-refractivity contribution in [3.63, 3.8) is 0 Å². The molecule has 0 radical (unpaired) electrons. The predicted octanol–water partition coefficient (Wildman–Crippen LogP) is 4.74. The summed E-state index contributed by atoms with van der Waals surface area (Å²) in [5.74, 6) is 0.478. The van der Waals surface area contributed by atoms with Gasteiger partial charge in [0.05, 0.1) is 35.3 Å². The minimum atomic E-state index is -0.250. The minimum absolute atomic E-state index is 0.250. The molecule has 0 aliphatic heterocycles. The molecule has 0 unspecified atom stereocenters. The summed E-state index contributed by atoms with van der Waals surface area (Å²) in [4.78, 5) is 16.5. The van der Waals surface area contributed by atoms with Gasteiger partial charge in [-0.1, -0.05) is 23.7 Å². The summed E-state index contributed by atoms with van der Waals surface area (Å²) in [5, 5.41) is 6.57. The molecule has 0 saturated heterocycles. The quantitative estimate of drug-likeness (QED) is 0.695. The lowest BCUT2D eigenvalue weighted by atomic mass is 10.2. The Kier molecular flexibility index (Phi) is 5.16. The van der Waals surface area contributed by atoms with Gasteiger partial charge >= 0.3 is 0 Å². The average Bonchev–Trinajstić information content (AvgIpc) is 2.64. The molecular formula is C19H16ClN3O2. The number of halogens is 1. The van der Waals surface area contributed by atoms with Crippen molar-refractivity contribution in [2.45, 2.75) is 0 Å². The zero-order chi connectivity index (χ0) is 17.6. The number of hydrogen-bond acceptors (Lipinski definition) is 4. The first-order chi connectivity index (χ1) is 12.2. The number of amides is 1. The topological polar surface area (TPSA) is 63.2 Å². The van der Waals surface area contributed by atoms with Gasteiger partial charge in [-0.05, 0) is 42.5 Å². The first-order valence-electron chi connectivity index (χ1n) is 7.58. The summed E-state index contributed by atoms with van der Waals surface area (Å²) >= 11 is 6.14. The van der Waals surface area contributed by atoms with Gasteiger partial charge < -0.3 is 15.4 Å². The molecule has 0 aliphatic rings. The van der Waals surface area contributed by atoms with E-state index in [-0.39, 0.29) is 5.91 Å². The van der Waals surface area contributed by atoms with Crippen LogP contribution in [0.25, 0.3) is 0 Å². The first-order valence-corrected chi connectivity index (χ1v) is 7.95. The number of carbonyl (C=O) groups excluding carboxylic acids is 1.